The van der Waals surface area contributed by atoms with Crippen LogP contribution in [0, 0.1) is 0 Å². The SMILES string of the molecule is CC(=O)N(C)Cc1ccccc1NC(=O)c1ccc(Cl)c(S(=O)(=O)NCc2ccccc2)c1. The van der Waals surface area contributed by atoms with Crippen LogP contribution in [-0.4, -0.2) is 32.2 Å². The molecule has 3 rings (SSSR count). The maximum Gasteiger partial charge on any atom is 0.255 e. The molecule has 172 valence electrons. The first kappa shape index (κ1) is 24.4. The molecule has 0 saturated carbocycles. The normalized spacial score (nSPS) is 11.1. The van der Waals surface area contributed by atoms with E-state index in [2.05, 4.69) is 10.0 Å². The molecular weight excluding hydrogens is 462 g/mol. The molecule has 0 saturated heterocycles. The number of sulfonamides is 1. The van der Waals surface area contributed by atoms with E-state index in [-0.39, 0.29) is 27.9 Å². The van der Waals surface area contributed by atoms with Crippen molar-refractivity contribution in [2.75, 3.05) is 12.4 Å². The van der Waals surface area contributed by atoms with Crippen LogP contribution in [0.3, 0.4) is 0 Å². The van der Waals surface area contributed by atoms with Gasteiger partial charge in [0.15, 0.2) is 0 Å². The Bertz CT molecular complexity index is 1260. The molecular formula is C24H24ClN3O4S. The largest absolute Gasteiger partial charge is 0.342 e. The van der Waals surface area contributed by atoms with Crippen LogP contribution >= 0.6 is 11.6 Å². The van der Waals surface area contributed by atoms with E-state index in [0.717, 1.165) is 11.1 Å². The van der Waals surface area contributed by atoms with Crippen molar-refractivity contribution < 1.29 is 18.0 Å². The second kappa shape index (κ2) is 10.6. The van der Waals surface area contributed by atoms with Crippen molar-refractivity contribution in [1.82, 2.24) is 9.62 Å². The van der Waals surface area contributed by atoms with Crippen LogP contribution in [0.1, 0.15) is 28.4 Å². The second-order valence-corrected chi connectivity index (χ2v) is 9.58. The highest BCUT2D eigenvalue weighted by atomic mass is 35.5. The molecule has 0 atom stereocenters. The van der Waals surface area contributed by atoms with Crippen molar-refractivity contribution in [3.8, 4) is 0 Å². The Morgan fingerprint density at radius 1 is 0.970 bits per heavy atom. The first-order valence-electron chi connectivity index (χ1n) is 10.1. The van der Waals surface area contributed by atoms with Gasteiger partial charge in [-0.05, 0) is 35.4 Å². The Hall–Kier alpha value is -3.20. The molecule has 0 aliphatic rings. The minimum Gasteiger partial charge on any atom is -0.342 e. The first-order chi connectivity index (χ1) is 15.7. The van der Waals surface area contributed by atoms with Gasteiger partial charge in [0.2, 0.25) is 15.9 Å². The fourth-order valence-electron chi connectivity index (χ4n) is 3.04. The molecule has 9 heteroatoms. The summed E-state index contributed by atoms with van der Waals surface area (Å²) in [4.78, 5) is 25.8. The Morgan fingerprint density at radius 2 is 1.64 bits per heavy atom. The van der Waals surface area contributed by atoms with Gasteiger partial charge in [0.25, 0.3) is 5.91 Å². The van der Waals surface area contributed by atoms with E-state index < -0.39 is 15.9 Å². The van der Waals surface area contributed by atoms with Gasteiger partial charge >= 0.3 is 0 Å². The number of halogens is 1. The minimum atomic E-state index is -3.96. The van der Waals surface area contributed by atoms with Crippen LogP contribution in [0.2, 0.25) is 5.02 Å². The van der Waals surface area contributed by atoms with Gasteiger partial charge in [0.05, 0.1) is 5.02 Å². The molecule has 0 aliphatic carbocycles. The molecule has 0 bridgehead atoms. The van der Waals surface area contributed by atoms with Crippen molar-refractivity contribution in [1.29, 1.82) is 0 Å². The van der Waals surface area contributed by atoms with Gasteiger partial charge in [0, 0.05) is 38.3 Å². The molecule has 7 nitrogen and oxygen atoms in total. The topological polar surface area (TPSA) is 95.6 Å². The molecule has 0 spiro atoms. The van der Waals surface area contributed by atoms with Gasteiger partial charge in [-0.2, -0.15) is 0 Å². The number of carbonyl (C=O) groups is 2. The van der Waals surface area contributed by atoms with Gasteiger partial charge in [-0.15, -0.1) is 0 Å². The van der Waals surface area contributed by atoms with Crippen molar-refractivity contribution in [2.45, 2.75) is 24.9 Å². The van der Waals surface area contributed by atoms with Gasteiger partial charge < -0.3 is 10.2 Å². The van der Waals surface area contributed by atoms with Crippen molar-refractivity contribution in [3.05, 3.63) is 94.5 Å². The number of carbonyl (C=O) groups excluding carboxylic acids is 2. The summed E-state index contributed by atoms with van der Waals surface area (Å²) < 4.78 is 28.2. The lowest BCUT2D eigenvalue weighted by molar-refractivity contribution is -0.128. The maximum atomic E-state index is 12.9. The molecule has 0 fully saturated rings. The number of para-hydroxylation sites is 1. The van der Waals surface area contributed by atoms with Crippen LogP contribution in [0.4, 0.5) is 5.69 Å². The molecule has 2 N–H and O–H groups in total. The zero-order valence-electron chi connectivity index (χ0n) is 18.2. The third-order valence-electron chi connectivity index (χ3n) is 5.00. The zero-order chi connectivity index (χ0) is 24.0. The number of hydrogen-bond donors (Lipinski definition) is 2. The van der Waals surface area contributed by atoms with E-state index >= 15 is 0 Å². The molecule has 3 aromatic carbocycles. The van der Waals surface area contributed by atoms with Gasteiger partial charge in [-0.1, -0.05) is 60.1 Å². The van der Waals surface area contributed by atoms with Crippen LogP contribution in [0.5, 0.6) is 0 Å². The minimum absolute atomic E-state index is 0.00981. The van der Waals surface area contributed by atoms with Crippen LogP contribution < -0.4 is 10.0 Å². The summed E-state index contributed by atoms with van der Waals surface area (Å²) >= 11 is 6.15. The quantitative estimate of drug-likeness (QED) is 0.503. The second-order valence-electron chi connectivity index (χ2n) is 7.44. The lowest BCUT2D eigenvalue weighted by Gasteiger charge is -2.18. The highest BCUT2D eigenvalue weighted by Crippen LogP contribution is 2.24. The summed E-state index contributed by atoms with van der Waals surface area (Å²) in [6.45, 7) is 1.87. The molecule has 0 aliphatic heterocycles. The van der Waals surface area contributed by atoms with Gasteiger partial charge in [-0.3, -0.25) is 9.59 Å². The summed E-state index contributed by atoms with van der Waals surface area (Å²) in [7, 11) is -2.29. The Kier molecular flexibility index (Phi) is 7.86. The van der Waals surface area contributed by atoms with E-state index in [1.54, 1.807) is 37.4 Å². The summed E-state index contributed by atoms with van der Waals surface area (Å²) in [5.41, 5.74) is 2.19. The van der Waals surface area contributed by atoms with Crippen LogP contribution in [-0.2, 0) is 27.9 Å². The van der Waals surface area contributed by atoms with E-state index in [0.29, 0.717) is 12.2 Å². The smallest absolute Gasteiger partial charge is 0.255 e. The molecule has 0 heterocycles. The summed E-state index contributed by atoms with van der Waals surface area (Å²) in [5.74, 6) is -0.601. The van der Waals surface area contributed by atoms with E-state index in [1.807, 2.05) is 24.3 Å². The molecule has 0 unspecified atom stereocenters. The third kappa shape index (κ3) is 6.41. The Balaban J connectivity index is 1.81. The van der Waals surface area contributed by atoms with Crippen LogP contribution in [0.15, 0.2) is 77.7 Å². The highest BCUT2D eigenvalue weighted by Gasteiger charge is 2.20. The third-order valence-corrected chi connectivity index (χ3v) is 6.89. The molecule has 33 heavy (non-hydrogen) atoms. The standard InChI is InChI=1S/C24H24ClN3O4S/c1-17(29)28(2)16-20-10-6-7-11-22(20)27-24(30)19-12-13-21(25)23(14-19)33(31,32)26-15-18-8-4-3-5-9-18/h3-14,26H,15-16H2,1-2H3,(H,27,30). The molecule has 2 amide bonds. The summed E-state index contributed by atoms with van der Waals surface area (Å²) in [6.07, 6.45) is 0. The fourth-order valence-corrected chi connectivity index (χ4v) is 4.59. The Labute approximate surface area is 198 Å². The van der Waals surface area contributed by atoms with Gasteiger partial charge in [-0.25, -0.2) is 13.1 Å². The number of hydrogen-bond acceptors (Lipinski definition) is 4. The Morgan fingerprint density at radius 3 is 2.33 bits per heavy atom. The average molecular weight is 486 g/mol. The molecule has 3 aromatic rings. The maximum absolute atomic E-state index is 12.9. The number of anilines is 1. The predicted molar refractivity (Wildman–Crippen MR) is 128 cm³/mol. The molecule has 0 radical (unpaired) electrons. The van der Waals surface area contributed by atoms with Crippen molar-refractivity contribution >= 4 is 39.1 Å². The predicted octanol–water partition coefficient (Wildman–Crippen LogP) is 4.05. The number of benzene rings is 3. The zero-order valence-corrected chi connectivity index (χ0v) is 19.8. The monoisotopic (exact) mass is 485 g/mol. The van der Waals surface area contributed by atoms with Crippen molar-refractivity contribution in [3.63, 3.8) is 0 Å². The lowest BCUT2D eigenvalue weighted by atomic mass is 10.1. The number of amides is 2. The number of nitrogens with one attached hydrogen (secondary N) is 2. The highest BCUT2D eigenvalue weighted by molar-refractivity contribution is 7.89. The first-order valence-corrected chi connectivity index (χ1v) is 12.0. The molecule has 0 aromatic heterocycles. The number of nitrogens with zero attached hydrogens (tertiary/aromatic N) is 1. The summed E-state index contributed by atoms with van der Waals surface area (Å²) in [6, 6.07) is 20.2. The lowest BCUT2D eigenvalue weighted by Crippen LogP contribution is -2.25. The number of rotatable bonds is 8. The van der Waals surface area contributed by atoms with Gasteiger partial charge in [0.1, 0.15) is 4.90 Å². The summed E-state index contributed by atoms with van der Waals surface area (Å²) in [5, 5.41) is 2.80. The van der Waals surface area contributed by atoms with Crippen LogP contribution in [0.25, 0.3) is 0 Å². The average Bonchev–Trinajstić information content (AvgIpc) is 2.79. The van der Waals surface area contributed by atoms with E-state index in [4.69, 9.17) is 11.6 Å². The van der Waals surface area contributed by atoms with E-state index in [9.17, 15) is 18.0 Å². The van der Waals surface area contributed by atoms with E-state index in [1.165, 1.54) is 30.0 Å². The van der Waals surface area contributed by atoms with Crippen molar-refractivity contribution in [2.24, 2.45) is 0 Å². The fraction of sp³-hybridized carbons (Fsp3) is 0.167.